The van der Waals surface area contributed by atoms with Crippen molar-refractivity contribution in [3.8, 4) is 5.75 Å². The summed E-state index contributed by atoms with van der Waals surface area (Å²) >= 11 is 0. The average Bonchev–Trinajstić information content (AvgIpc) is 3.27. The van der Waals surface area contributed by atoms with Gasteiger partial charge >= 0.3 is 0 Å². The number of benzene rings is 1. The minimum atomic E-state index is -3.27. The molecule has 3 N–H and O–H groups in total. The van der Waals surface area contributed by atoms with Crippen molar-refractivity contribution in [2.45, 2.75) is 55.6 Å². The molecule has 0 aliphatic heterocycles. The second-order valence-electron chi connectivity index (χ2n) is 8.27. The van der Waals surface area contributed by atoms with Crippen LogP contribution in [0.2, 0.25) is 0 Å². The molecule has 1 amide bonds. The maximum atomic E-state index is 12.4. The molecule has 0 radical (unpaired) electrons. The lowest BCUT2D eigenvalue weighted by Crippen LogP contribution is -2.42. The molecule has 156 valence electrons. The minimum absolute atomic E-state index is 0.0326. The van der Waals surface area contributed by atoms with Crippen LogP contribution in [-0.2, 0) is 14.6 Å². The standard InChI is InChI=1S/C20H29NO6S/c1-28(25,26)16-8-6-15(7-9-16)27-13-20(10-17(22)18(23)11-20)12-21-19(24)14-4-2-3-5-14/h6-9,14,17-18,22-23H,2-5,10-13H2,1H3,(H,21,24). The van der Waals surface area contributed by atoms with Crippen molar-refractivity contribution in [1.82, 2.24) is 5.32 Å². The number of carbonyl (C=O) groups is 1. The molecule has 0 spiro atoms. The summed E-state index contributed by atoms with van der Waals surface area (Å²) in [6.07, 6.45) is 4.09. The van der Waals surface area contributed by atoms with Gasteiger partial charge in [0.2, 0.25) is 5.91 Å². The van der Waals surface area contributed by atoms with Gasteiger partial charge in [0, 0.05) is 24.1 Å². The number of hydrogen-bond donors (Lipinski definition) is 3. The smallest absolute Gasteiger partial charge is 0.223 e. The summed E-state index contributed by atoms with van der Waals surface area (Å²) in [5.74, 6) is 0.591. The highest BCUT2D eigenvalue weighted by molar-refractivity contribution is 7.90. The van der Waals surface area contributed by atoms with Crippen molar-refractivity contribution in [3.63, 3.8) is 0 Å². The predicted molar refractivity (Wildman–Crippen MR) is 104 cm³/mol. The van der Waals surface area contributed by atoms with Crippen LogP contribution >= 0.6 is 0 Å². The molecule has 0 heterocycles. The monoisotopic (exact) mass is 411 g/mol. The Kier molecular flexibility index (Phi) is 6.31. The van der Waals surface area contributed by atoms with Gasteiger partial charge in [-0.1, -0.05) is 12.8 Å². The van der Waals surface area contributed by atoms with Crippen molar-refractivity contribution in [2.75, 3.05) is 19.4 Å². The zero-order chi connectivity index (χ0) is 20.4. The van der Waals surface area contributed by atoms with Gasteiger partial charge in [0.05, 0.1) is 23.7 Å². The van der Waals surface area contributed by atoms with E-state index < -0.39 is 27.5 Å². The number of sulfone groups is 1. The van der Waals surface area contributed by atoms with Crippen molar-refractivity contribution in [1.29, 1.82) is 0 Å². The van der Waals surface area contributed by atoms with E-state index in [9.17, 15) is 23.4 Å². The third kappa shape index (κ3) is 5.04. The number of rotatable bonds is 7. The third-order valence-electron chi connectivity index (χ3n) is 5.89. The van der Waals surface area contributed by atoms with Gasteiger partial charge in [-0.3, -0.25) is 4.79 Å². The van der Waals surface area contributed by atoms with E-state index in [2.05, 4.69) is 5.32 Å². The Morgan fingerprint density at radius 1 is 1.14 bits per heavy atom. The lowest BCUT2D eigenvalue weighted by molar-refractivity contribution is -0.125. The molecule has 3 rings (SSSR count). The molecular weight excluding hydrogens is 382 g/mol. The first-order valence-electron chi connectivity index (χ1n) is 9.75. The summed E-state index contributed by atoms with van der Waals surface area (Å²) < 4.78 is 29.0. The topological polar surface area (TPSA) is 113 Å². The van der Waals surface area contributed by atoms with E-state index in [-0.39, 0.29) is 23.3 Å². The van der Waals surface area contributed by atoms with Crippen LogP contribution in [0.1, 0.15) is 38.5 Å². The molecule has 8 heteroatoms. The molecule has 2 unspecified atom stereocenters. The molecule has 2 atom stereocenters. The maximum absolute atomic E-state index is 12.4. The molecule has 2 aliphatic rings. The predicted octanol–water partition coefficient (Wildman–Crippen LogP) is 1.28. The number of aliphatic hydroxyl groups excluding tert-OH is 2. The number of ether oxygens (including phenoxy) is 1. The van der Waals surface area contributed by atoms with E-state index in [1.807, 2.05) is 0 Å². The van der Waals surface area contributed by atoms with E-state index in [4.69, 9.17) is 4.74 Å². The van der Waals surface area contributed by atoms with Crippen molar-refractivity contribution >= 4 is 15.7 Å². The number of carbonyl (C=O) groups excluding carboxylic acids is 1. The lowest BCUT2D eigenvalue weighted by Gasteiger charge is -2.30. The van der Waals surface area contributed by atoms with Crippen LogP contribution in [0, 0.1) is 11.3 Å². The third-order valence-corrected chi connectivity index (χ3v) is 7.02. The molecule has 7 nitrogen and oxygen atoms in total. The molecular formula is C20H29NO6S. The van der Waals surface area contributed by atoms with Crippen LogP contribution in [0.5, 0.6) is 5.75 Å². The average molecular weight is 412 g/mol. The quantitative estimate of drug-likeness (QED) is 0.623. The highest BCUT2D eigenvalue weighted by atomic mass is 32.2. The van der Waals surface area contributed by atoms with Gasteiger partial charge < -0.3 is 20.3 Å². The second-order valence-corrected chi connectivity index (χ2v) is 10.3. The molecule has 1 aromatic rings. The van der Waals surface area contributed by atoms with Gasteiger partial charge in [-0.05, 0) is 49.9 Å². The van der Waals surface area contributed by atoms with Gasteiger partial charge in [0.15, 0.2) is 9.84 Å². The minimum Gasteiger partial charge on any atom is -0.493 e. The fourth-order valence-electron chi connectivity index (χ4n) is 4.18. The summed E-state index contributed by atoms with van der Waals surface area (Å²) in [5, 5.41) is 23.1. The van der Waals surface area contributed by atoms with Crippen LogP contribution in [0.25, 0.3) is 0 Å². The first-order valence-corrected chi connectivity index (χ1v) is 11.6. The zero-order valence-electron chi connectivity index (χ0n) is 16.1. The Morgan fingerprint density at radius 2 is 1.71 bits per heavy atom. The number of aliphatic hydroxyl groups is 2. The summed E-state index contributed by atoms with van der Waals surface area (Å²) in [7, 11) is -3.27. The van der Waals surface area contributed by atoms with E-state index in [0.717, 1.165) is 31.9 Å². The SMILES string of the molecule is CS(=O)(=O)c1ccc(OCC2(CNC(=O)C3CCCC3)CC(O)C(O)C2)cc1. The Balaban J connectivity index is 1.64. The number of amides is 1. The van der Waals surface area contributed by atoms with Gasteiger partial charge in [-0.15, -0.1) is 0 Å². The Morgan fingerprint density at radius 3 is 2.25 bits per heavy atom. The molecule has 0 bridgehead atoms. The fraction of sp³-hybridized carbons (Fsp3) is 0.650. The molecule has 2 aliphatic carbocycles. The molecule has 28 heavy (non-hydrogen) atoms. The van der Waals surface area contributed by atoms with Crippen LogP contribution < -0.4 is 10.1 Å². The van der Waals surface area contributed by atoms with Crippen LogP contribution in [0.15, 0.2) is 29.2 Å². The zero-order valence-corrected chi connectivity index (χ0v) is 17.0. The molecule has 2 saturated carbocycles. The molecule has 2 fully saturated rings. The maximum Gasteiger partial charge on any atom is 0.223 e. The Labute approximate surface area is 166 Å². The van der Waals surface area contributed by atoms with Crippen molar-refractivity contribution < 1.29 is 28.2 Å². The summed E-state index contributed by atoms with van der Waals surface area (Å²) in [6, 6.07) is 6.14. The van der Waals surface area contributed by atoms with Gasteiger partial charge in [0.1, 0.15) is 5.75 Å². The molecule has 1 aromatic carbocycles. The first-order chi connectivity index (χ1) is 13.2. The van der Waals surface area contributed by atoms with Gasteiger partial charge in [0.25, 0.3) is 0 Å². The summed E-state index contributed by atoms with van der Waals surface area (Å²) in [6.45, 7) is 0.544. The highest BCUT2D eigenvalue weighted by Crippen LogP contribution is 2.39. The Hall–Kier alpha value is -1.64. The van der Waals surface area contributed by atoms with Crippen LogP contribution in [0.4, 0.5) is 0 Å². The normalized spacial score (nSPS) is 28.4. The van der Waals surface area contributed by atoms with Crippen molar-refractivity contribution in [3.05, 3.63) is 24.3 Å². The second kappa shape index (κ2) is 8.39. The first kappa shape index (κ1) is 21.1. The largest absolute Gasteiger partial charge is 0.493 e. The summed E-state index contributed by atoms with van der Waals surface area (Å²) in [5.41, 5.74) is -0.567. The molecule has 0 saturated heterocycles. The van der Waals surface area contributed by atoms with Crippen LogP contribution in [0.3, 0.4) is 0 Å². The lowest BCUT2D eigenvalue weighted by atomic mass is 9.86. The van der Waals surface area contributed by atoms with Crippen molar-refractivity contribution in [2.24, 2.45) is 11.3 Å². The van der Waals surface area contributed by atoms with Gasteiger partial charge in [-0.25, -0.2) is 8.42 Å². The number of nitrogens with one attached hydrogen (secondary N) is 1. The van der Waals surface area contributed by atoms with E-state index in [0.29, 0.717) is 25.1 Å². The van der Waals surface area contributed by atoms with Gasteiger partial charge in [-0.2, -0.15) is 0 Å². The van der Waals surface area contributed by atoms with E-state index >= 15 is 0 Å². The van der Waals surface area contributed by atoms with E-state index in [1.165, 1.54) is 12.1 Å². The molecule has 0 aromatic heterocycles. The fourth-order valence-corrected chi connectivity index (χ4v) is 4.81. The highest BCUT2D eigenvalue weighted by Gasteiger charge is 2.45. The van der Waals surface area contributed by atoms with E-state index in [1.54, 1.807) is 12.1 Å². The Bertz CT molecular complexity index is 775. The number of hydrogen-bond acceptors (Lipinski definition) is 6. The van der Waals surface area contributed by atoms with Crippen LogP contribution in [-0.4, -0.2) is 56.2 Å². The summed E-state index contributed by atoms with van der Waals surface area (Å²) in [4.78, 5) is 12.6.